The number of nitrogens with one attached hydrogen (secondary N) is 2. The molecule has 3 aliphatic rings. The summed E-state index contributed by atoms with van der Waals surface area (Å²) in [4.78, 5) is 39.6. The lowest BCUT2D eigenvalue weighted by molar-refractivity contribution is -0.384. The first-order valence-corrected chi connectivity index (χ1v) is 22.3. The van der Waals surface area contributed by atoms with E-state index in [2.05, 4.69) is 50.6 Å². The maximum absolute atomic E-state index is 14.2. The second kappa shape index (κ2) is 17.3. The molecule has 3 aromatic carbocycles. The van der Waals surface area contributed by atoms with Crippen molar-refractivity contribution in [3.8, 4) is 5.69 Å². The number of aromatic amines is 1. The van der Waals surface area contributed by atoms with Crippen molar-refractivity contribution in [2.45, 2.75) is 38.0 Å². The van der Waals surface area contributed by atoms with Crippen LogP contribution in [0.4, 0.5) is 17.1 Å². The maximum Gasteiger partial charge on any atom is 0.293 e. The summed E-state index contributed by atoms with van der Waals surface area (Å²) in [5, 5.41) is 18.4. The lowest BCUT2D eigenvalue weighted by atomic mass is 9.72. The SMILES string of the molecule is CC1(C)CCC(CN2CCN(c3ccc(C(=O)NS(=O)(=O)c4ccc(N5CCOCC5)c([N+](=O)[O-])c4)c(-n4ncc5nc6[nH]ccc6cc54)c3)CC2)=C(c2ccc(Cl)cc2)C1.Cl. The minimum absolute atomic E-state index is 0. The minimum Gasteiger partial charge on any atom is -0.378 e. The molecule has 5 heterocycles. The van der Waals surface area contributed by atoms with Gasteiger partial charge in [0.25, 0.3) is 21.6 Å². The molecule has 0 atom stereocenters. The Morgan fingerprint density at radius 1 is 0.952 bits per heavy atom. The third-order valence-corrected chi connectivity index (χ3v) is 13.7. The van der Waals surface area contributed by atoms with E-state index >= 15 is 0 Å². The number of fused-ring (bicyclic) bond motifs is 2. The quantitative estimate of drug-likeness (QED) is 0.102. The number of H-pyrrole nitrogens is 1. The molecule has 0 bridgehead atoms. The first-order chi connectivity index (χ1) is 29.3. The monoisotopic (exact) mass is 899 g/mol. The van der Waals surface area contributed by atoms with Crippen LogP contribution in [0.15, 0.2) is 95.7 Å². The van der Waals surface area contributed by atoms with Crippen LogP contribution in [0.5, 0.6) is 0 Å². The Bertz CT molecular complexity index is 2810. The molecule has 3 aromatic heterocycles. The number of benzene rings is 3. The Morgan fingerprint density at radius 2 is 1.71 bits per heavy atom. The van der Waals surface area contributed by atoms with Gasteiger partial charge in [-0.2, -0.15) is 5.10 Å². The van der Waals surface area contributed by atoms with E-state index in [0.717, 1.165) is 74.1 Å². The molecule has 1 amide bonds. The molecule has 6 aromatic rings. The number of amides is 1. The van der Waals surface area contributed by atoms with Crippen molar-refractivity contribution >= 4 is 84.6 Å². The van der Waals surface area contributed by atoms with Crippen LogP contribution < -0.4 is 14.5 Å². The van der Waals surface area contributed by atoms with Gasteiger partial charge in [-0.05, 0) is 90.4 Å². The Labute approximate surface area is 370 Å². The summed E-state index contributed by atoms with van der Waals surface area (Å²) in [6.07, 6.45) is 6.60. The van der Waals surface area contributed by atoms with Gasteiger partial charge in [0, 0.05) is 74.2 Å². The Hall–Kier alpha value is -5.52. The van der Waals surface area contributed by atoms with Crippen LogP contribution >= 0.6 is 24.0 Å². The second-order valence-corrected chi connectivity index (χ2v) is 18.8. The average Bonchev–Trinajstić information content (AvgIpc) is 3.90. The number of hydrogen-bond donors (Lipinski definition) is 2. The summed E-state index contributed by atoms with van der Waals surface area (Å²) < 4.78 is 36.8. The Balaban J connectivity index is 0.00000529. The average molecular weight is 901 g/mol. The van der Waals surface area contributed by atoms with E-state index in [1.165, 1.54) is 28.8 Å². The number of sulfonamides is 1. The number of anilines is 2. The van der Waals surface area contributed by atoms with E-state index in [1.807, 2.05) is 36.4 Å². The van der Waals surface area contributed by atoms with Crippen LogP contribution in [-0.4, -0.2) is 103 Å². The van der Waals surface area contributed by atoms with Gasteiger partial charge in [-0.3, -0.25) is 19.8 Å². The number of hydrogen-bond acceptors (Lipinski definition) is 11. The molecule has 18 heteroatoms. The zero-order valence-corrected chi connectivity index (χ0v) is 36.7. The smallest absolute Gasteiger partial charge is 0.293 e. The highest BCUT2D eigenvalue weighted by atomic mass is 35.5. The number of nitro benzene ring substituents is 1. The van der Waals surface area contributed by atoms with E-state index in [0.29, 0.717) is 48.7 Å². The molecule has 0 unspecified atom stereocenters. The summed E-state index contributed by atoms with van der Waals surface area (Å²) in [6.45, 7) is 10.3. The lowest BCUT2D eigenvalue weighted by Crippen LogP contribution is -2.47. The summed E-state index contributed by atoms with van der Waals surface area (Å²) in [5.74, 6) is -0.911. The summed E-state index contributed by atoms with van der Waals surface area (Å²) >= 11 is 6.25. The molecule has 9 rings (SSSR count). The highest BCUT2D eigenvalue weighted by Crippen LogP contribution is 2.43. The summed E-state index contributed by atoms with van der Waals surface area (Å²) in [6, 6.07) is 20.9. The fourth-order valence-electron chi connectivity index (χ4n) is 8.72. The van der Waals surface area contributed by atoms with Crippen molar-refractivity contribution in [2.75, 3.05) is 68.8 Å². The van der Waals surface area contributed by atoms with Crippen LogP contribution in [0.2, 0.25) is 5.02 Å². The molecule has 2 saturated heterocycles. The molecule has 2 N–H and O–H groups in total. The molecule has 2 aliphatic heterocycles. The van der Waals surface area contributed by atoms with Crippen LogP contribution in [0, 0.1) is 15.5 Å². The molecule has 324 valence electrons. The van der Waals surface area contributed by atoms with E-state index in [-0.39, 0.29) is 34.8 Å². The van der Waals surface area contributed by atoms with Crippen molar-refractivity contribution in [3.63, 3.8) is 0 Å². The number of rotatable bonds is 10. The third-order valence-electron chi connectivity index (χ3n) is 12.1. The van der Waals surface area contributed by atoms with Crippen LogP contribution in [-0.2, 0) is 14.8 Å². The summed E-state index contributed by atoms with van der Waals surface area (Å²) in [7, 11) is -4.56. The molecule has 1 aliphatic carbocycles. The van der Waals surface area contributed by atoms with Gasteiger partial charge in [0.15, 0.2) is 0 Å². The molecule has 0 radical (unpaired) electrons. The number of ether oxygens (including phenoxy) is 1. The number of aromatic nitrogens is 4. The highest BCUT2D eigenvalue weighted by molar-refractivity contribution is 7.90. The predicted octanol–water partition coefficient (Wildman–Crippen LogP) is 7.63. The first-order valence-electron chi connectivity index (χ1n) is 20.4. The van der Waals surface area contributed by atoms with Gasteiger partial charge >= 0.3 is 0 Å². The zero-order chi connectivity index (χ0) is 42.5. The number of halogens is 2. The van der Waals surface area contributed by atoms with Gasteiger partial charge in [-0.1, -0.05) is 43.2 Å². The lowest BCUT2D eigenvalue weighted by Gasteiger charge is -2.39. The van der Waals surface area contributed by atoms with Crippen LogP contribution in [0.1, 0.15) is 49.0 Å². The van der Waals surface area contributed by atoms with Crippen LogP contribution in [0.25, 0.3) is 33.3 Å². The number of piperazine rings is 1. The molecular formula is C44H47Cl2N9O6S. The second-order valence-electron chi connectivity index (χ2n) is 16.7. The normalized spacial score (nSPS) is 17.3. The van der Waals surface area contributed by atoms with Crippen LogP contribution in [0.3, 0.4) is 0 Å². The molecule has 15 nitrogen and oxygen atoms in total. The number of carbonyl (C=O) groups excluding carboxylic acids is 1. The molecule has 0 saturated carbocycles. The third kappa shape index (κ3) is 8.75. The number of allylic oxidation sites excluding steroid dienone is 1. The van der Waals surface area contributed by atoms with Crippen molar-refractivity contribution in [3.05, 3.63) is 117 Å². The van der Waals surface area contributed by atoms with E-state index in [4.69, 9.17) is 21.3 Å². The van der Waals surface area contributed by atoms with E-state index in [9.17, 15) is 23.3 Å². The van der Waals surface area contributed by atoms with Gasteiger partial charge in [-0.15, -0.1) is 12.4 Å². The van der Waals surface area contributed by atoms with E-state index < -0.39 is 25.7 Å². The van der Waals surface area contributed by atoms with Crippen molar-refractivity contribution in [1.29, 1.82) is 0 Å². The standard InChI is InChI=1S/C44H46ClN9O6S.ClH/c1-44(2)13-11-31(36(26-44)29-3-5-32(45)6-4-29)28-50-15-17-51(18-16-50)33-7-9-35(39(24-33)53-40-23-30-12-14-46-42(30)48-37(40)27-47-53)43(55)49-61(58,59)34-8-10-38(41(25-34)54(56)57)52-19-21-60-22-20-52;/h3-10,12,14,23-25,27H,11,13,15-22,26,28H2,1-2H3,(H,46,48)(H,49,55);1H. The number of pyridine rings is 1. The fraction of sp³-hybridized carbons (Fsp3) is 0.341. The molecule has 2 fully saturated rings. The number of carbonyl (C=O) groups is 1. The topological polar surface area (TPSA) is 172 Å². The molecule has 0 spiro atoms. The number of nitrogens with zero attached hydrogens (tertiary/aromatic N) is 7. The van der Waals surface area contributed by atoms with Gasteiger partial charge in [0.2, 0.25) is 0 Å². The number of morpholine rings is 1. The van der Waals surface area contributed by atoms with Crippen molar-refractivity contribution in [1.82, 2.24) is 29.4 Å². The van der Waals surface area contributed by atoms with Crippen molar-refractivity contribution in [2.24, 2.45) is 5.41 Å². The van der Waals surface area contributed by atoms with E-state index in [1.54, 1.807) is 28.0 Å². The minimum atomic E-state index is -4.56. The van der Waals surface area contributed by atoms with Crippen molar-refractivity contribution < 1.29 is 22.9 Å². The number of nitro groups is 1. The van der Waals surface area contributed by atoms with Gasteiger partial charge in [0.1, 0.15) is 16.9 Å². The zero-order valence-electron chi connectivity index (χ0n) is 34.3. The van der Waals surface area contributed by atoms with Gasteiger partial charge in [-0.25, -0.2) is 22.8 Å². The van der Waals surface area contributed by atoms with Gasteiger partial charge < -0.3 is 19.5 Å². The first kappa shape index (κ1) is 43.1. The largest absolute Gasteiger partial charge is 0.378 e. The maximum atomic E-state index is 14.2. The summed E-state index contributed by atoms with van der Waals surface area (Å²) in [5.41, 5.74) is 7.40. The molecular weight excluding hydrogens is 854 g/mol. The molecule has 62 heavy (non-hydrogen) atoms. The fourth-order valence-corrected chi connectivity index (χ4v) is 9.83. The predicted molar refractivity (Wildman–Crippen MR) is 243 cm³/mol. The Morgan fingerprint density at radius 3 is 2.45 bits per heavy atom. The van der Waals surface area contributed by atoms with Gasteiger partial charge in [0.05, 0.1) is 46.0 Å². The highest BCUT2D eigenvalue weighted by Gasteiger charge is 2.31. The Kier molecular flexibility index (Phi) is 12.1.